The first-order valence-corrected chi connectivity index (χ1v) is 9.71. The fourth-order valence-corrected chi connectivity index (χ4v) is 3.63. The molecule has 148 valence electrons. The van der Waals surface area contributed by atoms with Crippen molar-refractivity contribution >= 4 is 31.6 Å². The van der Waals surface area contributed by atoms with E-state index in [1.807, 2.05) is 4.72 Å². The Kier molecular flexibility index (Phi) is 5.61. The third-order valence-corrected chi connectivity index (χ3v) is 5.23. The second-order valence-corrected chi connectivity index (χ2v) is 7.84. The van der Waals surface area contributed by atoms with Gasteiger partial charge in [-0.2, -0.15) is 8.78 Å². The van der Waals surface area contributed by atoms with Crippen LogP contribution in [-0.2, 0) is 10.0 Å². The number of nitrogens with zero attached hydrogens (tertiary/aromatic N) is 1. The number of pyridine rings is 1. The summed E-state index contributed by atoms with van der Waals surface area (Å²) < 4.78 is 83.2. The number of alkyl halides is 2. The molecule has 0 fully saturated rings. The number of benzene rings is 1. The predicted molar refractivity (Wildman–Crippen MR) is 95.5 cm³/mol. The van der Waals surface area contributed by atoms with E-state index in [0.717, 1.165) is 6.20 Å². The normalized spacial score (nSPS) is 11.6. The fraction of sp³-hybridized carbons (Fsp3) is 0.0625. The molecule has 0 amide bonds. The van der Waals surface area contributed by atoms with Crippen molar-refractivity contribution in [1.82, 2.24) is 9.97 Å². The van der Waals surface area contributed by atoms with Crippen molar-refractivity contribution < 1.29 is 30.7 Å². The second-order valence-electron chi connectivity index (χ2n) is 5.34. The number of anilines is 1. The zero-order valence-corrected chi connectivity index (χ0v) is 16.0. The van der Waals surface area contributed by atoms with E-state index in [1.165, 1.54) is 6.07 Å². The number of rotatable bonds is 6. The maximum Gasteiger partial charge on any atom is 0.387 e. The van der Waals surface area contributed by atoms with Gasteiger partial charge < -0.3 is 9.72 Å². The number of halogens is 5. The Morgan fingerprint density at radius 1 is 1.14 bits per heavy atom. The first-order valence-electron chi connectivity index (χ1n) is 7.44. The van der Waals surface area contributed by atoms with Gasteiger partial charge >= 0.3 is 6.61 Å². The van der Waals surface area contributed by atoms with Gasteiger partial charge in [0.2, 0.25) is 0 Å². The molecule has 0 aliphatic heterocycles. The molecule has 12 heteroatoms. The van der Waals surface area contributed by atoms with Crippen LogP contribution in [0.25, 0.3) is 11.4 Å². The van der Waals surface area contributed by atoms with Crippen LogP contribution >= 0.6 is 15.9 Å². The lowest BCUT2D eigenvalue weighted by Crippen LogP contribution is -2.14. The number of ether oxygens (including phenoxy) is 1. The number of hydrogen-bond donors (Lipinski definition) is 2. The van der Waals surface area contributed by atoms with Crippen LogP contribution in [0.15, 0.2) is 52.1 Å². The molecule has 0 saturated carbocycles. The second kappa shape index (κ2) is 7.80. The highest BCUT2D eigenvalue weighted by Crippen LogP contribution is 2.29. The van der Waals surface area contributed by atoms with Crippen LogP contribution in [0.1, 0.15) is 0 Å². The highest BCUT2D eigenvalue weighted by molar-refractivity contribution is 9.10. The number of sulfonamides is 1. The van der Waals surface area contributed by atoms with Crippen molar-refractivity contribution in [2.75, 3.05) is 4.72 Å². The SMILES string of the molecule is O=S(=O)(Nc1cc(F)c(OC(F)F)cc1F)c1c[nH]c(-c2cccc(Br)n2)c1. The standard InChI is InChI=1S/C16H10BrF4N3O3S/c17-15-3-1-2-11(23-15)13-4-8(7-22-13)28(25,26)24-12-5-10(19)14(6-9(12)18)27-16(20)21/h1-7,16,22,24H. The third-order valence-electron chi connectivity index (χ3n) is 3.44. The molecule has 1 aromatic carbocycles. The van der Waals surface area contributed by atoms with E-state index in [2.05, 4.69) is 30.6 Å². The Morgan fingerprint density at radius 2 is 1.89 bits per heavy atom. The van der Waals surface area contributed by atoms with Crippen LogP contribution in [0.2, 0.25) is 0 Å². The lowest BCUT2D eigenvalue weighted by Gasteiger charge is -2.11. The van der Waals surface area contributed by atoms with E-state index in [-0.39, 0.29) is 4.90 Å². The van der Waals surface area contributed by atoms with Gasteiger partial charge in [0.05, 0.1) is 17.1 Å². The highest BCUT2D eigenvalue weighted by atomic mass is 79.9. The van der Waals surface area contributed by atoms with Crippen molar-refractivity contribution in [3.63, 3.8) is 0 Å². The minimum atomic E-state index is -4.30. The van der Waals surface area contributed by atoms with Crippen molar-refractivity contribution in [2.45, 2.75) is 11.5 Å². The molecule has 0 unspecified atom stereocenters. The molecule has 3 rings (SSSR count). The molecule has 2 heterocycles. The van der Waals surface area contributed by atoms with Crippen molar-refractivity contribution in [1.29, 1.82) is 0 Å². The highest BCUT2D eigenvalue weighted by Gasteiger charge is 2.21. The summed E-state index contributed by atoms with van der Waals surface area (Å²) in [6.07, 6.45) is 1.14. The summed E-state index contributed by atoms with van der Waals surface area (Å²) in [5.74, 6) is -3.68. The first-order chi connectivity index (χ1) is 13.2. The molecule has 0 aliphatic carbocycles. The Bertz CT molecular complexity index is 1120. The number of hydrogen-bond acceptors (Lipinski definition) is 4. The molecule has 6 nitrogen and oxygen atoms in total. The largest absolute Gasteiger partial charge is 0.432 e. The van der Waals surface area contributed by atoms with E-state index < -0.39 is 39.7 Å². The van der Waals surface area contributed by atoms with Gasteiger partial charge in [0, 0.05) is 18.3 Å². The molecule has 0 radical (unpaired) electrons. The molecule has 2 aromatic heterocycles. The summed E-state index contributed by atoms with van der Waals surface area (Å²) >= 11 is 3.20. The van der Waals surface area contributed by atoms with E-state index >= 15 is 0 Å². The minimum absolute atomic E-state index is 0.267. The molecule has 2 N–H and O–H groups in total. The number of aromatic amines is 1. The molecule has 3 aromatic rings. The fourth-order valence-electron chi connectivity index (χ4n) is 2.23. The van der Waals surface area contributed by atoms with E-state index in [0.29, 0.717) is 28.1 Å². The Hall–Kier alpha value is -2.60. The lowest BCUT2D eigenvalue weighted by atomic mass is 10.3. The minimum Gasteiger partial charge on any atom is -0.432 e. The van der Waals surface area contributed by atoms with E-state index in [9.17, 15) is 26.0 Å². The van der Waals surface area contributed by atoms with E-state index in [1.54, 1.807) is 18.2 Å². The van der Waals surface area contributed by atoms with Gasteiger partial charge in [-0.15, -0.1) is 0 Å². The molecule has 0 saturated heterocycles. The number of H-pyrrole nitrogens is 1. The van der Waals surface area contributed by atoms with Gasteiger partial charge in [-0.05, 0) is 34.1 Å². The molecule has 0 atom stereocenters. The lowest BCUT2D eigenvalue weighted by molar-refractivity contribution is -0.0523. The molecule has 0 spiro atoms. The average molecular weight is 480 g/mol. The van der Waals surface area contributed by atoms with Gasteiger partial charge in [0.15, 0.2) is 17.4 Å². The van der Waals surface area contributed by atoms with Crippen LogP contribution in [0.5, 0.6) is 5.75 Å². The zero-order valence-electron chi connectivity index (χ0n) is 13.6. The van der Waals surface area contributed by atoms with E-state index in [4.69, 9.17) is 0 Å². The van der Waals surface area contributed by atoms with Crippen LogP contribution in [0.4, 0.5) is 23.2 Å². The molecule has 28 heavy (non-hydrogen) atoms. The average Bonchev–Trinajstić information content (AvgIpc) is 3.10. The smallest absolute Gasteiger partial charge is 0.387 e. The summed E-state index contributed by atoms with van der Waals surface area (Å²) in [7, 11) is -4.30. The maximum absolute atomic E-state index is 14.0. The van der Waals surface area contributed by atoms with Gasteiger partial charge in [-0.25, -0.2) is 22.2 Å². The molecule has 0 aliphatic rings. The summed E-state index contributed by atoms with van der Waals surface area (Å²) in [6, 6.07) is 7.00. The maximum atomic E-state index is 14.0. The molecular formula is C16H10BrF4N3O3S. The first kappa shape index (κ1) is 20.1. The van der Waals surface area contributed by atoms with Gasteiger partial charge in [-0.3, -0.25) is 4.72 Å². The van der Waals surface area contributed by atoms with Crippen LogP contribution in [0.3, 0.4) is 0 Å². The monoisotopic (exact) mass is 479 g/mol. The molecular weight excluding hydrogens is 470 g/mol. The van der Waals surface area contributed by atoms with Crippen LogP contribution in [0, 0.1) is 11.6 Å². The summed E-state index contributed by atoms with van der Waals surface area (Å²) in [4.78, 5) is 6.62. The van der Waals surface area contributed by atoms with Crippen LogP contribution < -0.4 is 9.46 Å². The van der Waals surface area contributed by atoms with Crippen LogP contribution in [-0.4, -0.2) is 25.0 Å². The predicted octanol–water partition coefficient (Wildman–Crippen LogP) is 4.52. The van der Waals surface area contributed by atoms with Gasteiger partial charge in [-0.1, -0.05) is 6.07 Å². The van der Waals surface area contributed by atoms with Gasteiger partial charge in [0.1, 0.15) is 9.50 Å². The summed E-state index contributed by atoms with van der Waals surface area (Å²) in [5, 5.41) is 0. The Balaban J connectivity index is 1.88. The van der Waals surface area contributed by atoms with Crippen molar-refractivity contribution in [2.24, 2.45) is 0 Å². The third kappa shape index (κ3) is 4.44. The van der Waals surface area contributed by atoms with Gasteiger partial charge in [0.25, 0.3) is 10.0 Å². The zero-order chi connectivity index (χ0) is 20.5. The molecule has 0 bridgehead atoms. The summed E-state index contributed by atoms with van der Waals surface area (Å²) in [6.45, 7) is -3.36. The Labute approximate surface area is 164 Å². The quantitative estimate of drug-likeness (QED) is 0.402. The topological polar surface area (TPSA) is 84.1 Å². The number of aromatic nitrogens is 2. The summed E-state index contributed by atoms with van der Waals surface area (Å²) in [5.41, 5.74) is 0.0537. The van der Waals surface area contributed by atoms with Crippen molar-refractivity contribution in [3.05, 3.63) is 58.8 Å². The number of nitrogens with one attached hydrogen (secondary N) is 2. The Morgan fingerprint density at radius 3 is 2.57 bits per heavy atom. The van der Waals surface area contributed by atoms with Crippen molar-refractivity contribution in [3.8, 4) is 17.1 Å².